The summed E-state index contributed by atoms with van der Waals surface area (Å²) in [7, 11) is 0. The van der Waals surface area contributed by atoms with Gasteiger partial charge >= 0.3 is 5.97 Å². The topological polar surface area (TPSA) is 95.9 Å². The zero-order chi connectivity index (χ0) is 38.7. The van der Waals surface area contributed by atoms with Crippen LogP contribution in [-0.4, -0.2) is 47.4 Å². The fourth-order valence-corrected chi connectivity index (χ4v) is 6.87. The van der Waals surface area contributed by atoms with E-state index in [9.17, 15) is 19.8 Å². The molecule has 0 aliphatic carbocycles. The molecular formula is C47H89NO5. The number of esters is 1. The third kappa shape index (κ3) is 39.8. The molecule has 3 N–H and O–H groups in total. The number of carbonyl (C=O) groups excluding carboxylic acids is 2. The lowest BCUT2D eigenvalue weighted by Crippen LogP contribution is -2.45. The number of hydrogen-bond acceptors (Lipinski definition) is 5. The minimum atomic E-state index is -0.873. The highest BCUT2D eigenvalue weighted by atomic mass is 16.5. The molecule has 0 aliphatic heterocycles. The second-order valence-corrected chi connectivity index (χ2v) is 15.7. The standard InChI is InChI=1S/C47H89NO5/c1-3-5-7-9-11-13-15-16-17-18-19-21-23-27-31-35-39-45(50)44(43-49)48-46(51)40-36-32-28-24-22-26-30-34-38-42-53-47(52)41-37-33-29-25-20-14-12-10-8-6-4-2/h24,28,35,39,44-45,49-50H,3-23,25-27,29-34,36-38,40-43H2,1-2H3,(H,48,51)/b28-24-,39-35+. The van der Waals surface area contributed by atoms with Crippen molar-refractivity contribution in [3.8, 4) is 0 Å². The van der Waals surface area contributed by atoms with Gasteiger partial charge in [0.05, 0.1) is 25.4 Å². The van der Waals surface area contributed by atoms with E-state index in [2.05, 4.69) is 31.3 Å². The minimum Gasteiger partial charge on any atom is -0.466 e. The van der Waals surface area contributed by atoms with Crippen LogP contribution in [0.4, 0.5) is 0 Å². The highest BCUT2D eigenvalue weighted by Crippen LogP contribution is 2.15. The Bertz CT molecular complexity index is 828. The first kappa shape index (κ1) is 51.3. The van der Waals surface area contributed by atoms with Crippen LogP contribution in [0.5, 0.6) is 0 Å². The number of amides is 1. The molecule has 2 unspecified atom stereocenters. The van der Waals surface area contributed by atoms with Gasteiger partial charge in [0.1, 0.15) is 0 Å². The van der Waals surface area contributed by atoms with E-state index in [4.69, 9.17) is 4.74 Å². The third-order valence-electron chi connectivity index (χ3n) is 10.5. The van der Waals surface area contributed by atoms with E-state index in [0.29, 0.717) is 19.4 Å². The van der Waals surface area contributed by atoms with Crippen molar-refractivity contribution < 1.29 is 24.5 Å². The Morgan fingerprint density at radius 2 is 0.906 bits per heavy atom. The van der Waals surface area contributed by atoms with Gasteiger partial charge in [-0.2, -0.15) is 0 Å². The number of aliphatic hydroxyl groups is 2. The van der Waals surface area contributed by atoms with Crippen molar-refractivity contribution in [3.05, 3.63) is 24.3 Å². The summed E-state index contributed by atoms with van der Waals surface area (Å²) in [5, 5.41) is 23.0. The van der Waals surface area contributed by atoms with Crippen molar-refractivity contribution in [2.24, 2.45) is 0 Å². The van der Waals surface area contributed by atoms with Gasteiger partial charge in [-0.05, 0) is 51.4 Å². The number of ether oxygens (including phenoxy) is 1. The number of nitrogens with one attached hydrogen (secondary N) is 1. The van der Waals surface area contributed by atoms with Crippen molar-refractivity contribution in [1.29, 1.82) is 0 Å². The maximum Gasteiger partial charge on any atom is 0.305 e. The van der Waals surface area contributed by atoms with Crippen LogP contribution >= 0.6 is 0 Å². The summed E-state index contributed by atoms with van der Waals surface area (Å²) in [6, 6.07) is -0.663. The Hall–Kier alpha value is -1.66. The van der Waals surface area contributed by atoms with E-state index in [1.807, 2.05) is 6.08 Å². The maximum atomic E-state index is 12.4. The van der Waals surface area contributed by atoms with Crippen molar-refractivity contribution >= 4 is 11.9 Å². The molecule has 0 aliphatic rings. The van der Waals surface area contributed by atoms with Gasteiger partial charge in [-0.3, -0.25) is 9.59 Å². The van der Waals surface area contributed by atoms with Crippen LogP contribution in [0.2, 0.25) is 0 Å². The van der Waals surface area contributed by atoms with Crippen molar-refractivity contribution in [1.82, 2.24) is 5.32 Å². The quantitative estimate of drug-likeness (QED) is 0.0328. The van der Waals surface area contributed by atoms with E-state index in [1.54, 1.807) is 6.08 Å². The molecule has 0 fully saturated rings. The number of allylic oxidation sites excluding steroid dienone is 3. The molecule has 53 heavy (non-hydrogen) atoms. The predicted octanol–water partition coefficient (Wildman–Crippen LogP) is 13.2. The second-order valence-electron chi connectivity index (χ2n) is 15.7. The van der Waals surface area contributed by atoms with Crippen LogP contribution in [-0.2, 0) is 14.3 Å². The Morgan fingerprint density at radius 3 is 1.38 bits per heavy atom. The lowest BCUT2D eigenvalue weighted by atomic mass is 10.0. The van der Waals surface area contributed by atoms with E-state index in [-0.39, 0.29) is 18.5 Å². The summed E-state index contributed by atoms with van der Waals surface area (Å²) in [4.78, 5) is 24.3. The largest absolute Gasteiger partial charge is 0.466 e. The van der Waals surface area contributed by atoms with Crippen LogP contribution < -0.4 is 5.32 Å². The summed E-state index contributed by atoms with van der Waals surface area (Å²) >= 11 is 0. The molecule has 0 aromatic rings. The highest BCUT2D eigenvalue weighted by molar-refractivity contribution is 5.76. The van der Waals surface area contributed by atoms with Gasteiger partial charge in [-0.1, -0.05) is 199 Å². The average molecular weight is 748 g/mol. The summed E-state index contributed by atoms with van der Waals surface area (Å²) in [5.41, 5.74) is 0. The van der Waals surface area contributed by atoms with E-state index >= 15 is 0 Å². The van der Waals surface area contributed by atoms with Gasteiger partial charge in [-0.25, -0.2) is 0 Å². The first-order valence-electron chi connectivity index (χ1n) is 23.1. The molecule has 0 aromatic heterocycles. The first-order chi connectivity index (χ1) is 26.0. The fourth-order valence-electron chi connectivity index (χ4n) is 6.87. The van der Waals surface area contributed by atoms with Crippen molar-refractivity contribution in [2.75, 3.05) is 13.2 Å². The zero-order valence-electron chi connectivity index (χ0n) is 35.2. The Balaban J connectivity index is 3.61. The lowest BCUT2D eigenvalue weighted by molar-refractivity contribution is -0.143. The van der Waals surface area contributed by atoms with Gasteiger partial charge in [-0.15, -0.1) is 0 Å². The number of carbonyl (C=O) groups is 2. The summed E-state index contributed by atoms with van der Waals surface area (Å²) < 4.78 is 5.41. The van der Waals surface area contributed by atoms with Crippen molar-refractivity contribution in [2.45, 2.75) is 251 Å². The predicted molar refractivity (Wildman–Crippen MR) is 227 cm³/mol. The smallest absolute Gasteiger partial charge is 0.305 e. The van der Waals surface area contributed by atoms with Crippen LogP contribution in [0.15, 0.2) is 24.3 Å². The average Bonchev–Trinajstić information content (AvgIpc) is 3.16. The first-order valence-corrected chi connectivity index (χ1v) is 23.1. The van der Waals surface area contributed by atoms with Gasteiger partial charge < -0.3 is 20.3 Å². The van der Waals surface area contributed by atoms with E-state index in [1.165, 1.54) is 141 Å². The molecule has 0 heterocycles. The second kappa shape index (κ2) is 43.1. The van der Waals surface area contributed by atoms with Gasteiger partial charge in [0.2, 0.25) is 5.91 Å². The molecule has 0 spiro atoms. The molecular weight excluding hydrogens is 659 g/mol. The molecule has 0 saturated carbocycles. The van der Waals surface area contributed by atoms with Crippen LogP contribution in [0.3, 0.4) is 0 Å². The van der Waals surface area contributed by atoms with E-state index in [0.717, 1.165) is 70.6 Å². The zero-order valence-corrected chi connectivity index (χ0v) is 35.2. The SMILES string of the molecule is CCCCCCCCCCCCCCCC/C=C/C(O)C(CO)NC(=O)CCC/C=C\CCCCCCOC(=O)CCCCCCCCCCCCC. The summed E-state index contributed by atoms with van der Waals surface area (Å²) in [6.45, 7) is 4.80. The minimum absolute atomic E-state index is 0.0389. The Labute approximate surface area is 329 Å². The molecule has 312 valence electrons. The molecule has 6 nitrogen and oxygen atoms in total. The van der Waals surface area contributed by atoms with Crippen LogP contribution in [0, 0.1) is 0 Å². The Morgan fingerprint density at radius 1 is 0.509 bits per heavy atom. The van der Waals surface area contributed by atoms with Gasteiger partial charge in [0.15, 0.2) is 0 Å². The lowest BCUT2D eigenvalue weighted by Gasteiger charge is -2.19. The molecule has 6 heteroatoms. The molecule has 0 saturated heterocycles. The summed E-state index contributed by atoms with van der Waals surface area (Å²) in [6.07, 6.45) is 48.8. The molecule has 0 aromatic carbocycles. The number of unbranched alkanes of at least 4 members (excludes halogenated alkanes) is 29. The molecule has 1 amide bonds. The van der Waals surface area contributed by atoms with Gasteiger partial charge in [0.25, 0.3) is 0 Å². The van der Waals surface area contributed by atoms with Crippen LogP contribution in [0.1, 0.15) is 239 Å². The number of aliphatic hydroxyl groups excluding tert-OH is 2. The molecule has 0 radical (unpaired) electrons. The number of hydrogen-bond donors (Lipinski definition) is 3. The maximum absolute atomic E-state index is 12.4. The normalized spacial score (nSPS) is 12.9. The fraction of sp³-hybridized carbons (Fsp3) is 0.872. The van der Waals surface area contributed by atoms with E-state index < -0.39 is 12.1 Å². The monoisotopic (exact) mass is 748 g/mol. The summed E-state index contributed by atoms with van der Waals surface area (Å²) in [5.74, 6) is -0.167. The highest BCUT2D eigenvalue weighted by Gasteiger charge is 2.17. The molecule has 0 bridgehead atoms. The van der Waals surface area contributed by atoms with Gasteiger partial charge in [0, 0.05) is 12.8 Å². The number of rotatable bonds is 42. The van der Waals surface area contributed by atoms with Crippen molar-refractivity contribution in [3.63, 3.8) is 0 Å². The molecule has 0 rings (SSSR count). The third-order valence-corrected chi connectivity index (χ3v) is 10.5. The van der Waals surface area contributed by atoms with Crippen LogP contribution in [0.25, 0.3) is 0 Å². The molecule has 2 atom stereocenters. The Kier molecular flexibility index (Phi) is 41.7.